The molecule has 0 bridgehead atoms. The number of hydrogen-bond donors (Lipinski definition) is 2. The zero-order valence-electron chi connectivity index (χ0n) is 12.8. The molecule has 0 radical (unpaired) electrons. The SMILES string of the molecule is CNCC1(c2c[nH]c3ccccc23)CCN(C(C)=O)CC1. The number of nitrogens with zero attached hydrogens (tertiary/aromatic N) is 1. The first-order valence-corrected chi connectivity index (χ1v) is 7.63. The molecule has 1 fully saturated rings. The van der Waals surface area contributed by atoms with E-state index in [-0.39, 0.29) is 11.3 Å². The predicted molar refractivity (Wildman–Crippen MR) is 85.4 cm³/mol. The second-order valence-electron chi connectivity index (χ2n) is 6.06. The number of carbonyl (C=O) groups is 1. The first-order valence-electron chi connectivity index (χ1n) is 7.63. The van der Waals surface area contributed by atoms with Crippen LogP contribution < -0.4 is 5.32 Å². The van der Waals surface area contributed by atoms with Crippen LogP contribution in [0, 0.1) is 0 Å². The summed E-state index contributed by atoms with van der Waals surface area (Å²) in [7, 11) is 2.01. The highest BCUT2D eigenvalue weighted by atomic mass is 16.2. The molecular formula is C17H23N3O. The minimum absolute atomic E-state index is 0.111. The van der Waals surface area contributed by atoms with E-state index in [1.807, 2.05) is 11.9 Å². The highest BCUT2D eigenvalue weighted by Crippen LogP contribution is 2.38. The maximum Gasteiger partial charge on any atom is 0.219 e. The Morgan fingerprint density at radius 1 is 1.33 bits per heavy atom. The van der Waals surface area contributed by atoms with Crippen molar-refractivity contribution in [3.63, 3.8) is 0 Å². The summed E-state index contributed by atoms with van der Waals surface area (Å²) in [6.07, 6.45) is 4.18. The van der Waals surface area contributed by atoms with E-state index >= 15 is 0 Å². The van der Waals surface area contributed by atoms with Crippen molar-refractivity contribution in [2.75, 3.05) is 26.7 Å². The summed E-state index contributed by atoms with van der Waals surface area (Å²) in [5, 5.41) is 4.67. The molecule has 0 saturated carbocycles. The maximum absolute atomic E-state index is 11.6. The summed E-state index contributed by atoms with van der Waals surface area (Å²) < 4.78 is 0. The van der Waals surface area contributed by atoms with Crippen molar-refractivity contribution >= 4 is 16.8 Å². The third-order valence-electron chi connectivity index (χ3n) is 4.84. The van der Waals surface area contributed by atoms with Gasteiger partial charge in [0.05, 0.1) is 0 Å². The molecule has 0 unspecified atom stereocenters. The number of likely N-dealkylation sites (N-methyl/N-ethyl adjacent to an activating group) is 1. The fourth-order valence-electron chi connectivity index (χ4n) is 3.64. The van der Waals surface area contributed by atoms with E-state index in [1.165, 1.54) is 16.5 Å². The summed E-state index contributed by atoms with van der Waals surface area (Å²) >= 11 is 0. The number of carbonyl (C=O) groups excluding carboxylic acids is 1. The monoisotopic (exact) mass is 285 g/mol. The molecular weight excluding hydrogens is 262 g/mol. The Kier molecular flexibility index (Phi) is 3.72. The topological polar surface area (TPSA) is 48.1 Å². The number of H-pyrrole nitrogens is 1. The third-order valence-corrected chi connectivity index (χ3v) is 4.84. The second-order valence-corrected chi connectivity index (χ2v) is 6.06. The molecule has 2 aromatic rings. The van der Waals surface area contributed by atoms with Crippen LogP contribution in [0.1, 0.15) is 25.3 Å². The molecule has 4 heteroatoms. The van der Waals surface area contributed by atoms with Crippen LogP contribution in [0.2, 0.25) is 0 Å². The van der Waals surface area contributed by atoms with Gasteiger partial charge in [0.1, 0.15) is 0 Å². The number of piperidine rings is 1. The van der Waals surface area contributed by atoms with Crippen LogP contribution in [0.15, 0.2) is 30.5 Å². The molecule has 112 valence electrons. The van der Waals surface area contributed by atoms with Crippen LogP contribution >= 0.6 is 0 Å². The number of aromatic amines is 1. The molecule has 0 aliphatic carbocycles. The van der Waals surface area contributed by atoms with Crippen LogP contribution in [-0.2, 0) is 10.2 Å². The van der Waals surface area contributed by atoms with Crippen molar-refractivity contribution in [3.8, 4) is 0 Å². The van der Waals surface area contributed by atoms with E-state index in [0.29, 0.717) is 0 Å². The first kappa shape index (κ1) is 14.1. The Morgan fingerprint density at radius 2 is 2.05 bits per heavy atom. The maximum atomic E-state index is 11.6. The first-order chi connectivity index (χ1) is 10.2. The highest BCUT2D eigenvalue weighted by molar-refractivity contribution is 5.84. The third kappa shape index (κ3) is 2.44. The molecule has 2 heterocycles. The van der Waals surface area contributed by atoms with Crippen molar-refractivity contribution < 1.29 is 4.79 Å². The molecule has 21 heavy (non-hydrogen) atoms. The van der Waals surface area contributed by atoms with Crippen LogP contribution in [0.3, 0.4) is 0 Å². The van der Waals surface area contributed by atoms with E-state index in [9.17, 15) is 4.79 Å². The highest BCUT2D eigenvalue weighted by Gasteiger charge is 2.37. The standard InChI is InChI=1S/C17H23N3O/c1-13(21)20-9-7-17(8-10-20,12-18-2)15-11-19-16-6-4-3-5-14(15)16/h3-6,11,18-19H,7-10,12H2,1-2H3. The van der Waals surface area contributed by atoms with Gasteiger partial charge in [-0.2, -0.15) is 0 Å². The normalized spacial score (nSPS) is 18.1. The van der Waals surface area contributed by atoms with Crippen molar-refractivity contribution in [1.29, 1.82) is 0 Å². The van der Waals surface area contributed by atoms with Gasteiger partial charge in [-0.3, -0.25) is 4.79 Å². The Hall–Kier alpha value is -1.81. The van der Waals surface area contributed by atoms with Gasteiger partial charge in [-0.15, -0.1) is 0 Å². The number of rotatable bonds is 3. The number of hydrogen-bond acceptors (Lipinski definition) is 2. The Labute approximate surface area is 125 Å². The van der Waals surface area contributed by atoms with Gasteiger partial charge in [0, 0.05) is 49.1 Å². The van der Waals surface area contributed by atoms with E-state index in [2.05, 4.69) is 40.8 Å². The lowest BCUT2D eigenvalue weighted by molar-refractivity contribution is -0.130. The average molecular weight is 285 g/mol. The van der Waals surface area contributed by atoms with Crippen molar-refractivity contribution in [2.24, 2.45) is 0 Å². The number of benzene rings is 1. The Morgan fingerprint density at radius 3 is 2.71 bits per heavy atom. The largest absolute Gasteiger partial charge is 0.361 e. The number of nitrogens with one attached hydrogen (secondary N) is 2. The van der Waals surface area contributed by atoms with Gasteiger partial charge in [-0.05, 0) is 31.5 Å². The number of likely N-dealkylation sites (tertiary alicyclic amines) is 1. The molecule has 1 amide bonds. The van der Waals surface area contributed by atoms with Crippen LogP contribution in [-0.4, -0.2) is 42.5 Å². The zero-order chi connectivity index (χ0) is 14.9. The number of amides is 1. The van der Waals surface area contributed by atoms with E-state index in [4.69, 9.17) is 0 Å². The lowest BCUT2D eigenvalue weighted by Gasteiger charge is -2.41. The van der Waals surface area contributed by atoms with E-state index < -0.39 is 0 Å². The fourth-order valence-corrected chi connectivity index (χ4v) is 3.64. The second kappa shape index (κ2) is 5.53. The molecule has 0 spiro atoms. The lowest BCUT2D eigenvalue weighted by Crippen LogP contribution is -2.48. The van der Waals surface area contributed by atoms with Gasteiger partial charge in [0.15, 0.2) is 0 Å². The molecule has 2 N–H and O–H groups in total. The minimum atomic E-state index is 0.111. The van der Waals surface area contributed by atoms with Gasteiger partial charge < -0.3 is 15.2 Å². The van der Waals surface area contributed by atoms with Gasteiger partial charge in [-0.25, -0.2) is 0 Å². The molecule has 1 aliphatic heterocycles. The molecule has 3 rings (SSSR count). The predicted octanol–water partition coefficient (Wildman–Crippen LogP) is 2.27. The smallest absolute Gasteiger partial charge is 0.219 e. The van der Waals surface area contributed by atoms with Crippen LogP contribution in [0.5, 0.6) is 0 Å². The molecule has 0 atom stereocenters. The minimum Gasteiger partial charge on any atom is -0.361 e. The van der Waals surface area contributed by atoms with Gasteiger partial charge >= 0.3 is 0 Å². The lowest BCUT2D eigenvalue weighted by atomic mass is 9.72. The molecule has 1 aromatic carbocycles. The van der Waals surface area contributed by atoms with Gasteiger partial charge in [0.2, 0.25) is 5.91 Å². The number of fused-ring (bicyclic) bond motifs is 1. The Bertz CT molecular complexity index is 638. The summed E-state index contributed by atoms with van der Waals surface area (Å²) in [5.41, 5.74) is 2.69. The summed E-state index contributed by atoms with van der Waals surface area (Å²) in [6, 6.07) is 8.47. The number of para-hydroxylation sites is 1. The van der Waals surface area contributed by atoms with Gasteiger partial charge in [0.25, 0.3) is 0 Å². The van der Waals surface area contributed by atoms with E-state index in [0.717, 1.165) is 32.5 Å². The van der Waals surface area contributed by atoms with E-state index in [1.54, 1.807) is 6.92 Å². The van der Waals surface area contributed by atoms with Crippen LogP contribution in [0.25, 0.3) is 10.9 Å². The molecule has 4 nitrogen and oxygen atoms in total. The Balaban J connectivity index is 1.97. The van der Waals surface area contributed by atoms with Gasteiger partial charge in [-0.1, -0.05) is 18.2 Å². The van der Waals surface area contributed by atoms with Crippen molar-refractivity contribution in [1.82, 2.24) is 15.2 Å². The van der Waals surface area contributed by atoms with Crippen molar-refractivity contribution in [2.45, 2.75) is 25.2 Å². The quantitative estimate of drug-likeness (QED) is 0.909. The average Bonchev–Trinajstić information content (AvgIpc) is 2.92. The molecule has 1 saturated heterocycles. The van der Waals surface area contributed by atoms with Crippen molar-refractivity contribution in [3.05, 3.63) is 36.0 Å². The van der Waals surface area contributed by atoms with Crippen LogP contribution in [0.4, 0.5) is 0 Å². The zero-order valence-corrected chi connectivity index (χ0v) is 12.8. The molecule has 1 aromatic heterocycles. The summed E-state index contributed by atoms with van der Waals surface area (Å²) in [4.78, 5) is 16.9. The summed E-state index contributed by atoms with van der Waals surface area (Å²) in [6.45, 7) is 4.30. The fraction of sp³-hybridized carbons (Fsp3) is 0.471. The molecule has 1 aliphatic rings. The summed E-state index contributed by atoms with van der Waals surface area (Å²) in [5.74, 6) is 0.187. The number of aromatic nitrogens is 1.